The molecule has 1 aromatic heterocycles. The van der Waals surface area contributed by atoms with Gasteiger partial charge in [0, 0.05) is 5.56 Å². The third-order valence-electron chi connectivity index (χ3n) is 7.09. The summed E-state index contributed by atoms with van der Waals surface area (Å²) < 4.78 is 34.9. The van der Waals surface area contributed by atoms with Crippen LogP contribution >= 0.6 is 0 Å². The van der Waals surface area contributed by atoms with E-state index >= 15 is 0 Å². The molecule has 2 aromatic rings. The van der Waals surface area contributed by atoms with Crippen LogP contribution in [0.25, 0.3) is 0 Å². The highest BCUT2D eigenvalue weighted by atomic mass is 16.7. The van der Waals surface area contributed by atoms with Crippen LogP contribution in [0.3, 0.4) is 0 Å². The molecule has 0 aliphatic carbocycles. The van der Waals surface area contributed by atoms with Crippen molar-refractivity contribution in [1.29, 1.82) is 0 Å². The van der Waals surface area contributed by atoms with Crippen molar-refractivity contribution in [3.8, 4) is 0 Å². The number of carbonyl (C=O) groups is 3. The lowest BCUT2D eigenvalue weighted by atomic mass is 9.93. The van der Waals surface area contributed by atoms with E-state index in [1.807, 2.05) is 30.3 Å². The number of anilines is 3. The molecule has 6 atom stereocenters. The monoisotopic (exact) mass is 673 g/mol. The molecule has 5 rings (SSSR count). The third-order valence-corrected chi connectivity index (χ3v) is 7.09. The predicted octanol–water partition coefficient (Wildman–Crippen LogP) is 4.18. The zero-order valence-corrected chi connectivity index (χ0v) is 28.4. The Morgan fingerprint density at radius 1 is 0.917 bits per heavy atom. The second-order valence-electron chi connectivity index (χ2n) is 14.6. The Morgan fingerprint density at radius 2 is 1.50 bits per heavy atom. The van der Waals surface area contributed by atoms with Gasteiger partial charge in [-0.2, -0.15) is 4.98 Å². The van der Waals surface area contributed by atoms with Crippen molar-refractivity contribution < 1.29 is 47.9 Å². The van der Waals surface area contributed by atoms with E-state index in [0.717, 1.165) is 10.5 Å². The van der Waals surface area contributed by atoms with Gasteiger partial charge >= 0.3 is 18.3 Å². The minimum Gasteiger partial charge on any atom is -0.443 e. The first-order chi connectivity index (χ1) is 22.2. The third kappa shape index (κ3) is 7.56. The Morgan fingerprint density at radius 3 is 2.06 bits per heavy atom. The second-order valence-corrected chi connectivity index (χ2v) is 14.6. The zero-order chi connectivity index (χ0) is 35.3. The number of carbonyl (C=O) groups excluding carboxylic acids is 3. The standard InChI is InChI=1S/C32H43N5O11/c1-30(2,3)46-27(40)36-22-19(23(39)35-26(34-22)37(28(41)47-31(4,5)6)29(42)48-32(7,8)9)33-18-20(38)21-17(44-24(18)36)15-43-25(45-21)16-13-11-10-12-14-16/h10-14,17-18,20-21,24-25,33,38H,15H2,1-9H3,(H,34,35,39)/t17-,18+,20+,21+,24-,25?/m1/s1. The summed E-state index contributed by atoms with van der Waals surface area (Å²) in [5, 5.41) is 14.6. The first-order valence-corrected chi connectivity index (χ1v) is 15.6. The summed E-state index contributed by atoms with van der Waals surface area (Å²) in [6.07, 6.45) is -8.54. The van der Waals surface area contributed by atoms with Crippen molar-refractivity contribution in [2.24, 2.45) is 0 Å². The molecule has 0 spiro atoms. The van der Waals surface area contributed by atoms with Crippen molar-refractivity contribution in [3.05, 3.63) is 46.2 Å². The lowest BCUT2D eigenvalue weighted by Crippen LogP contribution is -2.70. The Balaban J connectivity index is 1.58. The SMILES string of the molecule is CC(C)(C)OC(=O)N(C(=O)OC(C)(C)C)c1nc2c(c(=O)[nH]1)N[C@H]1[C@H](O)[C@H]3OC(c4ccccc4)OC[C@H]3O[C@H]1N2C(=O)OC(C)(C)C. The number of hydrogen-bond donors (Lipinski definition) is 3. The van der Waals surface area contributed by atoms with Crippen LogP contribution < -0.4 is 20.7 Å². The topological polar surface area (TPSA) is 191 Å². The van der Waals surface area contributed by atoms with Crippen molar-refractivity contribution in [2.75, 3.05) is 21.7 Å². The molecule has 1 aromatic carbocycles. The molecule has 48 heavy (non-hydrogen) atoms. The summed E-state index contributed by atoms with van der Waals surface area (Å²) in [4.78, 5) is 62.5. The number of H-pyrrole nitrogens is 1. The lowest BCUT2D eigenvalue weighted by Gasteiger charge is -2.52. The Bertz CT molecular complexity index is 1570. The molecule has 2 fully saturated rings. The fourth-order valence-corrected chi connectivity index (χ4v) is 5.28. The molecule has 3 aliphatic rings. The first kappa shape index (κ1) is 35.1. The molecule has 0 saturated carbocycles. The quantitative estimate of drug-likeness (QED) is 0.385. The van der Waals surface area contributed by atoms with Crippen LogP contribution in [0.5, 0.6) is 0 Å². The Kier molecular flexibility index (Phi) is 9.24. The number of aliphatic hydroxyl groups excluding tert-OH is 1. The van der Waals surface area contributed by atoms with Gasteiger partial charge in [0.25, 0.3) is 5.56 Å². The number of amides is 3. The number of aliphatic hydroxyl groups is 1. The van der Waals surface area contributed by atoms with Gasteiger partial charge in [-0.3, -0.25) is 9.78 Å². The summed E-state index contributed by atoms with van der Waals surface area (Å²) in [7, 11) is 0. The number of nitrogens with one attached hydrogen (secondary N) is 2. The summed E-state index contributed by atoms with van der Waals surface area (Å²) in [5.41, 5.74) is -3.51. The van der Waals surface area contributed by atoms with Gasteiger partial charge in [-0.25, -0.2) is 19.3 Å². The van der Waals surface area contributed by atoms with E-state index in [-0.39, 0.29) is 18.1 Å². The molecule has 3 aliphatic heterocycles. The van der Waals surface area contributed by atoms with Crippen LogP contribution in [-0.2, 0) is 28.4 Å². The average molecular weight is 674 g/mol. The molecule has 262 valence electrons. The number of ether oxygens (including phenoxy) is 6. The molecule has 16 heteroatoms. The van der Waals surface area contributed by atoms with Gasteiger partial charge in [0.1, 0.15) is 46.8 Å². The summed E-state index contributed by atoms with van der Waals surface area (Å²) in [6.45, 7) is 14.5. The van der Waals surface area contributed by atoms with Crippen LogP contribution in [0, 0.1) is 0 Å². The van der Waals surface area contributed by atoms with Crippen molar-refractivity contribution in [1.82, 2.24) is 9.97 Å². The van der Waals surface area contributed by atoms with E-state index in [0.29, 0.717) is 4.90 Å². The van der Waals surface area contributed by atoms with E-state index in [1.165, 1.54) is 0 Å². The molecule has 0 bridgehead atoms. The number of imide groups is 1. The van der Waals surface area contributed by atoms with Gasteiger partial charge in [0.15, 0.2) is 18.3 Å². The molecule has 4 heterocycles. The zero-order valence-electron chi connectivity index (χ0n) is 28.4. The van der Waals surface area contributed by atoms with Crippen LogP contribution in [0.4, 0.5) is 31.8 Å². The lowest BCUT2D eigenvalue weighted by molar-refractivity contribution is -0.311. The average Bonchev–Trinajstić information content (AvgIpc) is 2.94. The van der Waals surface area contributed by atoms with Crippen LogP contribution in [0.1, 0.15) is 74.2 Å². The summed E-state index contributed by atoms with van der Waals surface area (Å²) in [6, 6.07) is 8.05. The van der Waals surface area contributed by atoms with Gasteiger partial charge in [0.2, 0.25) is 5.95 Å². The maximum absolute atomic E-state index is 13.9. The Labute approximate surface area is 277 Å². The number of benzene rings is 1. The van der Waals surface area contributed by atoms with E-state index in [1.54, 1.807) is 62.3 Å². The first-order valence-electron chi connectivity index (χ1n) is 15.6. The highest BCUT2D eigenvalue weighted by Gasteiger charge is 2.56. The van der Waals surface area contributed by atoms with E-state index in [4.69, 9.17) is 28.4 Å². The van der Waals surface area contributed by atoms with Gasteiger partial charge in [0.05, 0.1) is 6.61 Å². The highest BCUT2D eigenvalue weighted by Crippen LogP contribution is 2.41. The number of nitrogens with zero attached hydrogens (tertiary/aromatic N) is 3. The fourth-order valence-electron chi connectivity index (χ4n) is 5.28. The normalized spacial score (nSPS) is 25.4. The Hall–Kier alpha value is -4.25. The van der Waals surface area contributed by atoms with Crippen molar-refractivity contribution in [2.45, 2.75) is 116 Å². The molecule has 1 unspecified atom stereocenters. The van der Waals surface area contributed by atoms with Crippen LogP contribution in [0.2, 0.25) is 0 Å². The molecular formula is C32H43N5O11. The summed E-state index contributed by atoms with van der Waals surface area (Å²) in [5.74, 6) is -0.938. The van der Waals surface area contributed by atoms with Gasteiger partial charge in [-0.1, -0.05) is 30.3 Å². The van der Waals surface area contributed by atoms with Crippen LogP contribution in [-0.4, -0.2) is 87.3 Å². The smallest absolute Gasteiger partial charge is 0.427 e. The van der Waals surface area contributed by atoms with Crippen molar-refractivity contribution >= 4 is 35.7 Å². The minimum atomic E-state index is -1.32. The number of rotatable bonds is 2. The molecular weight excluding hydrogens is 630 g/mol. The molecule has 0 radical (unpaired) electrons. The predicted molar refractivity (Wildman–Crippen MR) is 171 cm³/mol. The van der Waals surface area contributed by atoms with E-state index in [9.17, 15) is 24.3 Å². The van der Waals surface area contributed by atoms with Crippen molar-refractivity contribution in [3.63, 3.8) is 0 Å². The van der Waals surface area contributed by atoms with Crippen LogP contribution in [0.15, 0.2) is 35.1 Å². The second kappa shape index (κ2) is 12.7. The maximum Gasteiger partial charge on any atom is 0.427 e. The van der Waals surface area contributed by atoms with E-state index in [2.05, 4.69) is 15.3 Å². The van der Waals surface area contributed by atoms with Gasteiger partial charge in [-0.05, 0) is 62.3 Å². The number of fused-ring (bicyclic) bond motifs is 3. The maximum atomic E-state index is 13.9. The molecule has 3 amide bonds. The summed E-state index contributed by atoms with van der Waals surface area (Å²) >= 11 is 0. The van der Waals surface area contributed by atoms with E-state index < -0.39 is 83.5 Å². The molecule has 2 saturated heterocycles. The van der Waals surface area contributed by atoms with Gasteiger partial charge < -0.3 is 38.8 Å². The number of aromatic amines is 1. The highest BCUT2D eigenvalue weighted by molar-refractivity contribution is 6.08. The largest absolute Gasteiger partial charge is 0.443 e. The van der Waals surface area contributed by atoms with Gasteiger partial charge in [-0.15, -0.1) is 4.90 Å². The minimum absolute atomic E-state index is 0.00135. The number of aromatic nitrogens is 2. The molecule has 16 nitrogen and oxygen atoms in total. The molecule has 3 N–H and O–H groups in total. The fraction of sp³-hybridized carbons (Fsp3) is 0.594. The number of hydrogen-bond acceptors (Lipinski definition) is 13.